The highest BCUT2D eigenvalue weighted by atomic mass is 16.1. The van der Waals surface area contributed by atoms with E-state index in [4.69, 9.17) is 5.73 Å². The van der Waals surface area contributed by atoms with Gasteiger partial charge in [-0.3, -0.25) is 4.79 Å². The molecule has 0 fully saturated rings. The highest BCUT2D eigenvalue weighted by molar-refractivity contribution is 5.75. The first-order chi connectivity index (χ1) is 7.24. The standard InChI is InChI=1S/C10H18N4O/c1-9-12-6-8-14(9)7-2-3-10(15)13-5-4-11/h6,8H,2-5,7,11H2,1H3,(H,13,15). The SMILES string of the molecule is Cc1nccn1CCCC(=O)NCCN. The van der Waals surface area contributed by atoms with E-state index in [1.54, 1.807) is 6.20 Å². The fourth-order valence-electron chi connectivity index (χ4n) is 1.35. The van der Waals surface area contributed by atoms with Gasteiger partial charge in [0.15, 0.2) is 0 Å². The van der Waals surface area contributed by atoms with Gasteiger partial charge in [-0.2, -0.15) is 0 Å². The van der Waals surface area contributed by atoms with Gasteiger partial charge < -0.3 is 15.6 Å². The van der Waals surface area contributed by atoms with Crippen LogP contribution in [0.3, 0.4) is 0 Å². The topological polar surface area (TPSA) is 72.9 Å². The lowest BCUT2D eigenvalue weighted by Gasteiger charge is -2.05. The lowest BCUT2D eigenvalue weighted by molar-refractivity contribution is -0.121. The Labute approximate surface area is 89.7 Å². The average Bonchev–Trinajstić information content (AvgIpc) is 2.61. The average molecular weight is 210 g/mol. The summed E-state index contributed by atoms with van der Waals surface area (Å²) in [5.41, 5.74) is 5.28. The van der Waals surface area contributed by atoms with E-state index in [9.17, 15) is 4.79 Å². The number of nitrogens with one attached hydrogen (secondary N) is 1. The van der Waals surface area contributed by atoms with Crippen LogP contribution in [-0.4, -0.2) is 28.5 Å². The zero-order chi connectivity index (χ0) is 11.1. The van der Waals surface area contributed by atoms with E-state index in [0.29, 0.717) is 19.5 Å². The second-order valence-corrected chi connectivity index (χ2v) is 3.41. The van der Waals surface area contributed by atoms with Gasteiger partial charge in [-0.25, -0.2) is 4.98 Å². The van der Waals surface area contributed by atoms with Gasteiger partial charge in [0, 0.05) is 38.4 Å². The van der Waals surface area contributed by atoms with Crippen molar-refractivity contribution >= 4 is 5.91 Å². The molecule has 0 saturated carbocycles. The van der Waals surface area contributed by atoms with Crippen LogP contribution in [0.1, 0.15) is 18.7 Å². The molecule has 5 nitrogen and oxygen atoms in total. The number of carbonyl (C=O) groups is 1. The zero-order valence-electron chi connectivity index (χ0n) is 9.07. The molecule has 1 aromatic heterocycles. The molecule has 0 aliphatic rings. The van der Waals surface area contributed by atoms with Crippen molar-refractivity contribution in [2.45, 2.75) is 26.3 Å². The lowest BCUT2D eigenvalue weighted by Crippen LogP contribution is -2.28. The van der Waals surface area contributed by atoms with Gasteiger partial charge in [0.05, 0.1) is 0 Å². The quantitative estimate of drug-likeness (QED) is 0.696. The van der Waals surface area contributed by atoms with E-state index in [1.165, 1.54) is 0 Å². The predicted molar refractivity (Wildman–Crippen MR) is 58.3 cm³/mol. The van der Waals surface area contributed by atoms with Gasteiger partial charge in [-0.05, 0) is 13.3 Å². The second kappa shape index (κ2) is 6.19. The van der Waals surface area contributed by atoms with Crippen LogP contribution >= 0.6 is 0 Å². The highest BCUT2D eigenvalue weighted by Crippen LogP contribution is 1.99. The molecule has 0 aromatic carbocycles. The fraction of sp³-hybridized carbons (Fsp3) is 0.600. The van der Waals surface area contributed by atoms with E-state index in [2.05, 4.69) is 10.3 Å². The first kappa shape index (κ1) is 11.7. The summed E-state index contributed by atoms with van der Waals surface area (Å²) in [5.74, 6) is 1.05. The molecule has 15 heavy (non-hydrogen) atoms. The first-order valence-corrected chi connectivity index (χ1v) is 5.18. The third kappa shape index (κ3) is 4.12. The minimum absolute atomic E-state index is 0.0678. The summed E-state index contributed by atoms with van der Waals surface area (Å²) in [7, 11) is 0. The zero-order valence-corrected chi connectivity index (χ0v) is 9.07. The fourth-order valence-corrected chi connectivity index (χ4v) is 1.35. The van der Waals surface area contributed by atoms with E-state index in [-0.39, 0.29) is 5.91 Å². The maximum absolute atomic E-state index is 11.2. The van der Waals surface area contributed by atoms with Crippen molar-refractivity contribution in [1.82, 2.24) is 14.9 Å². The van der Waals surface area contributed by atoms with Gasteiger partial charge >= 0.3 is 0 Å². The third-order valence-corrected chi connectivity index (χ3v) is 2.19. The van der Waals surface area contributed by atoms with Crippen LogP contribution in [0.4, 0.5) is 0 Å². The smallest absolute Gasteiger partial charge is 0.220 e. The molecular formula is C10H18N4O. The van der Waals surface area contributed by atoms with E-state index in [0.717, 1.165) is 18.8 Å². The van der Waals surface area contributed by atoms with Gasteiger partial charge in [-0.1, -0.05) is 0 Å². The monoisotopic (exact) mass is 210 g/mol. The summed E-state index contributed by atoms with van der Waals surface area (Å²) in [4.78, 5) is 15.3. The Morgan fingerprint density at radius 1 is 1.67 bits per heavy atom. The summed E-state index contributed by atoms with van der Waals surface area (Å²) < 4.78 is 2.04. The summed E-state index contributed by atoms with van der Waals surface area (Å²) in [6, 6.07) is 0. The van der Waals surface area contributed by atoms with Gasteiger partial charge in [0.25, 0.3) is 0 Å². The van der Waals surface area contributed by atoms with E-state index in [1.807, 2.05) is 17.7 Å². The summed E-state index contributed by atoms with van der Waals surface area (Å²) >= 11 is 0. The first-order valence-electron chi connectivity index (χ1n) is 5.18. The van der Waals surface area contributed by atoms with Crippen molar-refractivity contribution in [2.75, 3.05) is 13.1 Å². The summed E-state index contributed by atoms with van der Waals surface area (Å²) in [6.45, 7) is 3.84. The number of hydrogen-bond acceptors (Lipinski definition) is 3. The minimum atomic E-state index is 0.0678. The molecule has 3 N–H and O–H groups in total. The summed E-state index contributed by atoms with van der Waals surface area (Å²) in [6.07, 6.45) is 5.06. The number of nitrogens with zero attached hydrogens (tertiary/aromatic N) is 2. The Balaban J connectivity index is 2.16. The number of nitrogens with two attached hydrogens (primary N) is 1. The van der Waals surface area contributed by atoms with Crippen molar-refractivity contribution in [1.29, 1.82) is 0 Å². The molecule has 0 bridgehead atoms. The Hall–Kier alpha value is -1.36. The van der Waals surface area contributed by atoms with Crippen LogP contribution in [-0.2, 0) is 11.3 Å². The largest absolute Gasteiger partial charge is 0.355 e. The van der Waals surface area contributed by atoms with Gasteiger partial charge in [0.1, 0.15) is 5.82 Å². The maximum atomic E-state index is 11.2. The molecule has 1 amide bonds. The maximum Gasteiger partial charge on any atom is 0.220 e. The highest BCUT2D eigenvalue weighted by Gasteiger charge is 2.01. The van der Waals surface area contributed by atoms with Crippen molar-refractivity contribution in [3.05, 3.63) is 18.2 Å². The summed E-state index contributed by atoms with van der Waals surface area (Å²) in [5, 5.41) is 2.74. The molecule has 0 spiro atoms. The van der Waals surface area contributed by atoms with Crippen LogP contribution < -0.4 is 11.1 Å². The number of amides is 1. The predicted octanol–water partition coefficient (Wildman–Crippen LogP) is 0.0466. The Morgan fingerprint density at radius 3 is 3.07 bits per heavy atom. The van der Waals surface area contributed by atoms with Crippen LogP contribution in [0.5, 0.6) is 0 Å². The Bertz CT molecular complexity index is 308. The van der Waals surface area contributed by atoms with E-state index >= 15 is 0 Å². The number of aromatic nitrogens is 2. The molecule has 0 aliphatic heterocycles. The van der Waals surface area contributed by atoms with Crippen LogP contribution in [0.2, 0.25) is 0 Å². The van der Waals surface area contributed by atoms with Crippen LogP contribution in [0.15, 0.2) is 12.4 Å². The number of carbonyl (C=O) groups excluding carboxylic acids is 1. The molecule has 0 atom stereocenters. The van der Waals surface area contributed by atoms with Crippen molar-refractivity contribution in [3.8, 4) is 0 Å². The molecule has 5 heteroatoms. The van der Waals surface area contributed by atoms with Crippen molar-refractivity contribution in [2.24, 2.45) is 5.73 Å². The number of rotatable bonds is 6. The number of imidazole rings is 1. The molecular weight excluding hydrogens is 192 g/mol. The van der Waals surface area contributed by atoms with Crippen LogP contribution in [0.25, 0.3) is 0 Å². The molecule has 1 aromatic rings. The molecule has 84 valence electrons. The molecule has 1 rings (SSSR count). The Morgan fingerprint density at radius 2 is 2.47 bits per heavy atom. The van der Waals surface area contributed by atoms with Crippen LogP contribution in [0, 0.1) is 6.92 Å². The number of hydrogen-bond donors (Lipinski definition) is 2. The molecule has 0 unspecified atom stereocenters. The third-order valence-electron chi connectivity index (χ3n) is 2.19. The second-order valence-electron chi connectivity index (χ2n) is 3.41. The minimum Gasteiger partial charge on any atom is -0.355 e. The molecule has 0 radical (unpaired) electrons. The normalized spacial score (nSPS) is 10.3. The molecule has 0 aliphatic carbocycles. The van der Waals surface area contributed by atoms with Gasteiger partial charge in [-0.15, -0.1) is 0 Å². The van der Waals surface area contributed by atoms with Crippen molar-refractivity contribution in [3.63, 3.8) is 0 Å². The van der Waals surface area contributed by atoms with Gasteiger partial charge in [0.2, 0.25) is 5.91 Å². The molecule has 1 heterocycles. The van der Waals surface area contributed by atoms with E-state index < -0.39 is 0 Å². The lowest BCUT2D eigenvalue weighted by atomic mass is 10.3. The Kier molecular flexibility index (Phi) is 4.83. The molecule has 0 saturated heterocycles. The number of aryl methyl sites for hydroxylation is 2. The van der Waals surface area contributed by atoms with Crippen molar-refractivity contribution < 1.29 is 4.79 Å².